The molecule has 1 aromatic carbocycles. The van der Waals surface area contributed by atoms with E-state index in [1.54, 1.807) is 6.20 Å². The predicted molar refractivity (Wildman–Crippen MR) is 90.1 cm³/mol. The number of nitrogens with two attached hydrogens (primary N) is 2. The van der Waals surface area contributed by atoms with E-state index in [0.717, 1.165) is 16.5 Å². The van der Waals surface area contributed by atoms with E-state index < -0.39 is 23.8 Å². The molecule has 7 N–H and O–H groups in total. The van der Waals surface area contributed by atoms with Gasteiger partial charge in [-0.15, -0.1) is 0 Å². The highest BCUT2D eigenvalue weighted by atomic mass is 16.4. The fourth-order valence-corrected chi connectivity index (χ4v) is 2.23. The van der Waals surface area contributed by atoms with E-state index in [4.69, 9.17) is 10.8 Å². The van der Waals surface area contributed by atoms with Gasteiger partial charge in [0, 0.05) is 29.9 Å². The third-order valence-corrected chi connectivity index (χ3v) is 3.34. The fraction of sp³-hybridized carbons (Fsp3) is 0.312. The van der Waals surface area contributed by atoms with E-state index >= 15 is 0 Å². The molecule has 2 aromatic rings. The number of carbonyl (C=O) groups is 3. The Kier molecular flexibility index (Phi) is 7.44. The number of carboxylic acids is 1. The van der Waals surface area contributed by atoms with Gasteiger partial charge in [0.2, 0.25) is 11.8 Å². The summed E-state index contributed by atoms with van der Waals surface area (Å²) in [6, 6.07) is 6.71. The molecule has 2 amide bonds. The number of benzene rings is 1. The summed E-state index contributed by atoms with van der Waals surface area (Å²) >= 11 is 0. The van der Waals surface area contributed by atoms with Gasteiger partial charge in [-0.1, -0.05) is 18.2 Å². The molecule has 0 aliphatic carbocycles. The number of aliphatic carboxylic acids is 1. The number of hydrogen-bond donors (Lipinski definition) is 5. The molecule has 0 unspecified atom stereocenters. The second-order valence-electron chi connectivity index (χ2n) is 4.98. The Morgan fingerprint density at radius 1 is 1.21 bits per heavy atom. The second kappa shape index (κ2) is 9.31. The maximum atomic E-state index is 11.7. The molecule has 0 aliphatic rings. The smallest absolute Gasteiger partial charge is 0.303 e. The summed E-state index contributed by atoms with van der Waals surface area (Å²) in [5, 5.41) is 12.0. The van der Waals surface area contributed by atoms with E-state index in [-0.39, 0.29) is 19.3 Å². The molecule has 8 heteroatoms. The number of carboxylic acid groups (broad SMARTS) is 1. The molecule has 0 spiro atoms. The van der Waals surface area contributed by atoms with Crippen LogP contribution in [0.2, 0.25) is 0 Å². The largest absolute Gasteiger partial charge is 0.481 e. The number of fused-ring (bicyclic) bond motifs is 1. The van der Waals surface area contributed by atoms with Crippen molar-refractivity contribution in [2.45, 2.75) is 25.3 Å². The van der Waals surface area contributed by atoms with Crippen LogP contribution in [0.4, 0.5) is 0 Å². The molecule has 0 saturated heterocycles. The molecule has 1 atom stereocenters. The first-order valence-corrected chi connectivity index (χ1v) is 7.40. The molecule has 0 bridgehead atoms. The van der Waals surface area contributed by atoms with E-state index in [2.05, 4.69) is 16.0 Å². The number of para-hydroxylation sites is 1. The first-order valence-electron chi connectivity index (χ1n) is 7.40. The first kappa shape index (κ1) is 19.2. The second-order valence-corrected chi connectivity index (χ2v) is 4.98. The van der Waals surface area contributed by atoms with E-state index in [1.807, 2.05) is 24.3 Å². The van der Waals surface area contributed by atoms with Gasteiger partial charge in [-0.05, 0) is 18.7 Å². The van der Waals surface area contributed by atoms with Crippen LogP contribution in [0.5, 0.6) is 0 Å². The summed E-state index contributed by atoms with van der Waals surface area (Å²) < 4.78 is 0. The normalized spacial score (nSPS) is 11.2. The van der Waals surface area contributed by atoms with Crippen LogP contribution in [0.25, 0.3) is 10.9 Å². The molecule has 24 heavy (non-hydrogen) atoms. The van der Waals surface area contributed by atoms with Gasteiger partial charge in [-0.3, -0.25) is 14.4 Å². The zero-order chi connectivity index (χ0) is 18.1. The summed E-state index contributed by atoms with van der Waals surface area (Å²) in [5.74, 6) is -2.23. The van der Waals surface area contributed by atoms with Crippen LogP contribution < -0.4 is 16.8 Å². The van der Waals surface area contributed by atoms with E-state index in [9.17, 15) is 14.4 Å². The number of rotatable bonds is 7. The summed E-state index contributed by atoms with van der Waals surface area (Å²) in [6.07, 6.45) is 1.54. The lowest BCUT2D eigenvalue weighted by Gasteiger charge is -2.15. The van der Waals surface area contributed by atoms with Crippen molar-refractivity contribution in [3.8, 4) is 0 Å². The van der Waals surface area contributed by atoms with Gasteiger partial charge in [0.1, 0.15) is 6.04 Å². The standard InChI is InChI=1S/C15H17N3O4.CH5N/c16-15(22)12(18-13(19)5-6-14(20)21)7-9-8-17-11-4-2-1-3-10(9)11;1-2/h1-4,8,12,17H,5-7H2,(H2,16,22)(H,18,19)(H,20,21);2H2,1H3/t12-;/m0./s1. The highest BCUT2D eigenvalue weighted by molar-refractivity contribution is 5.89. The summed E-state index contributed by atoms with van der Waals surface area (Å²) in [5.41, 5.74) is 11.6. The SMILES string of the molecule is CN.NC(=O)[C@H](Cc1c[nH]c2ccccc12)NC(=O)CCC(=O)O. The minimum atomic E-state index is -1.07. The molecular formula is C16H22N4O4. The van der Waals surface area contributed by atoms with Crippen molar-refractivity contribution in [3.63, 3.8) is 0 Å². The minimum absolute atomic E-state index is 0.188. The van der Waals surface area contributed by atoms with Gasteiger partial charge >= 0.3 is 5.97 Å². The number of nitrogens with one attached hydrogen (secondary N) is 2. The van der Waals surface area contributed by atoms with E-state index in [0.29, 0.717) is 0 Å². The molecule has 0 fully saturated rings. The monoisotopic (exact) mass is 334 g/mol. The third-order valence-electron chi connectivity index (χ3n) is 3.34. The predicted octanol–water partition coefficient (Wildman–Crippen LogP) is 0.120. The molecule has 2 rings (SSSR count). The van der Waals surface area contributed by atoms with Crippen LogP contribution in [0.15, 0.2) is 30.5 Å². The van der Waals surface area contributed by atoms with Gasteiger partial charge < -0.3 is 26.9 Å². The summed E-state index contributed by atoms with van der Waals surface area (Å²) in [6.45, 7) is 0. The minimum Gasteiger partial charge on any atom is -0.481 e. The van der Waals surface area contributed by atoms with Crippen molar-refractivity contribution in [3.05, 3.63) is 36.0 Å². The molecule has 130 valence electrons. The molecule has 0 aliphatic heterocycles. The van der Waals surface area contributed by atoms with Crippen LogP contribution in [0, 0.1) is 0 Å². The number of amides is 2. The van der Waals surface area contributed by atoms with Gasteiger partial charge in [0.05, 0.1) is 6.42 Å². The lowest BCUT2D eigenvalue weighted by molar-refractivity contribution is -0.139. The number of H-pyrrole nitrogens is 1. The van der Waals surface area contributed by atoms with Gasteiger partial charge in [0.25, 0.3) is 0 Å². The number of primary amides is 1. The highest BCUT2D eigenvalue weighted by Gasteiger charge is 2.20. The lowest BCUT2D eigenvalue weighted by atomic mass is 10.0. The van der Waals surface area contributed by atoms with Crippen molar-refractivity contribution in [2.75, 3.05) is 7.05 Å². The summed E-state index contributed by atoms with van der Waals surface area (Å²) in [4.78, 5) is 36.7. The molecule has 1 aromatic heterocycles. The van der Waals surface area contributed by atoms with Gasteiger partial charge in [-0.2, -0.15) is 0 Å². The quantitative estimate of drug-likeness (QED) is 0.487. The zero-order valence-corrected chi connectivity index (χ0v) is 13.4. The summed E-state index contributed by atoms with van der Waals surface area (Å²) in [7, 11) is 1.50. The maximum Gasteiger partial charge on any atom is 0.303 e. The van der Waals surface area contributed by atoms with Crippen molar-refractivity contribution in [1.29, 1.82) is 0 Å². The van der Waals surface area contributed by atoms with Crippen molar-refractivity contribution >= 4 is 28.7 Å². The highest BCUT2D eigenvalue weighted by Crippen LogP contribution is 2.19. The van der Waals surface area contributed by atoms with Crippen LogP contribution in [0.1, 0.15) is 18.4 Å². The van der Waals surface area contributed by atoms with Gasteiger partial charge in [0.15, 0.2) is 0 Å². The molecule has 0 saturated carbocycles. The number of aromatic amines is 1. The Bertz CT molecular complexity index is 711. The van der Waals surface area contributed by atoms with Crippen LogP contribution >= 0.6 is 0 Å². The Labute approximate surface area is 139 Å². The Hall–Kier alpha value is -2.87. The van der Waals surface area contributed by atoms with Crippen LogP contribution in [0.3, 0.4) is 0 Å². The number of hydrogen-bond acceptors (Lipinski definition) is 4. The maximum absolute atomic E-state index is 11.7. The average Bonchev–Trinajstić information content (AvgIpc) is 2.97. The van der Waals surface area contributed by atoms with Crippen molar-refractivity contribution in [1.82, 2.24) is 10.3 Å². The Morgan fingerprint density at radius 3 is 2.50 bits per heavy atom. The third kappa shape index (κ3) is 5.40. The number of carbonyl (C=O) groups excluding carboxylic acids is 2. The van der Waals surface area contributed by atoms with Crippen LogP contribution in [-0.4, -0.2) is 41.0 Å². The van der Waals surface area contributed by atoms with E-state index in [1.165, 1.54) is 7.05 Å². The molecule has 0 radical (unpaired) electrons. The van der Waals surface area contributed by atoms with Crippen LogP contribution in [-0.2, 0) is 20.8 Å². The Balaban J connectivity index is 0.00000139. The first-order chi connectivity index (χ1) is 11.5. The topological polar surface area (TPSA) is 151 Å². The Morgan fingerprint density at radius 2 is 1.88 bits per heavy atom. The zero-order valence-electron chi connectivity index (χ0n) is 13.4. The number of aromatic nitrogens is 1. The van der Waals surface area contributed by atoms with Gasteiger partial charge in [-0.25, -0.2) is 0 Å². The molecule has 1 heterocycles. The van der Waals surface area contributed by atoms with Crippen molar-refractivity contribution in [2.24, 2.45) is 11.5 Å². The molecule has 8 nitrogen and oxygen atoms in total. The molecular weight excluding hydrogens is 312 g/mol. The lowest BCUT2D eigenvalue weighted by Crippen LogP contribution is -2.45. The fourth-order valence-electron chi connectivity index (χ4n) is 2.23. The average molecular weight is 334 g/mol. The van der Waals surface area contributed by atoms with Crippen molar-refractivity contribution < 1.29 is 19.5 Å².